The molecule has 160 valence electrons. The van der Waals surface area contributed by atoms with Crippen LogP contribution in [0.5, 0.6) is 0 Å². The van der Waals surface area contributed by atoms with Crippen molar-refractivity contribution in [2.24, 2.45) is 0 Å². The Morgan fingerprint density at radius 3 is 2.33 bits per heavy atom. The molecule has 1 fully saturated rings. The quantitative estimate of drug-likeness (QED) is 0.751. The van der Waals surface area contributed by atoms with Gasteiger partial charge in [-0.25, -0.2) is 8.42 Å². The lowest BCUT2D eigenvalue weighted by molar-refractivity contribution is -0.133. The van der Waals surface area contributed by atoms with Crippen LogP contribution in [0.1, 0.15) is 22.3 Å². The van der Waals surface area contributed by atoms with Crippen molar-refractivity contribution in [1.29, 1.82) is 0 Å². The van der Waals surface area contributed by atoms with Crippen LogP contribution in [0.4, 0.5) is 0 Å². The number of carbonyl (C=O) groups is 1. The molecule has 0 radical (unpaired) electrons. The van der Waals surface area contributed by atoms with Crippen LogP contribution in [0.3, 0.4) is 0 Å². The third-order valence-electron chi connectivity index (χ3n) is 6.12. The van der Waals surface area contributed by atoms with Crippen molar-refractivity contribution >= 4 is 15.9 Å². The number of carbonyl (C=O) groups excluding carboxylic acids is 1. The van der Waals surface area contributed by atoms with Crippen molar-refractivity contribution < 1.29 is 13.2 Å². The number of aryl methyl sites for hydroxylation is 2. The van der Waals surface area contributed by atoms with Gasteiger partial charge in [-0.15, -0.1) is 0 Å². The van der Waals surface area contributed by atoms with Gasteiger partial charge in [0, 0.05) is 39.3 Å². The van der Waals surface area contributed by atoms with E-state index in [0.29, 0.717) is 44.2 Å². The van der Waals surface area contributed by atoms with Crippen molar-refractivity contribution in [3.05, 3.63) is 64.7 Å². The lowest BCUT2D eigenvalue weighted by atomic mass is 10.00. The Bertz CT molecular complexity index is 1040. The summed E-state index contributed by atoms with van der Waals surface area (Å²) in [6, 6.07) is 13.7. The van der Waals surface area contributed by atoms with Crippen LogP contribution < -0.4 is 0 Å². The Morgan fingerprint density at radius 2 is 1.63 bits per heavy atom. The first-order chi connectivity index (χ1) is 14.3. The summed E-state index contributed by atoms with van der Waals surface area (Å²) in [5.41, 5.74) is 4.38. The molecule has 0 saturated carbocycles. The molecule has 0 aliphatic carbocycles. The highest BCUT2D eigenvalue weighted by Gasteiger charge is 2.31. The molecule has 2 aliphatic heterocycles. The minimum atomic E-state index is -3.50. The zero-order chi connectivity index (χ0) is 21.3. The van der Waals surface area contributed by atoms with E-state index >= 15 is 0 Å². The zero-order valence-corrected chi connectivity index (χ0v) is 18.5. The van der Waals surface area contributed by atoms with E-state index in [4.69, 9.17) is 0 Å². The number of amides is 1. The maximum atomic E-state index is 13.0. The Hall–Kier alpha value is -2.22. The van der Waals surface area contributed by atoms with Crippen molar-refractivity contribution in [2.75, 3.05) is 39.3 Å². The average Bonchev–Trinajstić information content (AvgIpc) is 2.73. The molecule has 0 N–H and O–H groups in total. The summed E-state index contributed by atoms with van der Waals surface area (Å²) in [6.07, 6.45) is 0.893. The molecule has 0 spiro atoms. The minimum Gasteiger partial charge on any atom is -0.337 e. The largest absolute Gasteiger partial charge is 0.337 e. The molecular formula is C23H29N3O3S. The number of rotatable bonds is 4. The van der Waals surface area contributed by atoms with Crippen molar-refractivity contribution in [3.63, 3.8) is 0 Å². The molecule has 2 heterocycles. The monoisotopic (exact) mass is 427 g/mol. The Balaban J connectivity index is 1.34. The molecule has 4 rings (SSSR count). The van der Waals surface area contributed by atoms with Crippen LogP contribution >= 0.6 is 0 Å². The molecule has 1 saturated heterocycles. The molecule has 0 unspecified atom stereocenters. The Labute approximate surface area is 179 Å². The van der Waals surface area contributed by atoms with Gasteiger partial charge < -0.3 is 4.90 Å². The van der Waals surface area contributed by atoms with Crippen LogP contribution in [-0.2, 0) is 27.8 Å². The molecular weight excluding hydrogens is 398 g/mol. The first kappa shape index (κ1) is 21.0. The lowest BCUT2D eigenvalue weighted by Gasteiger charge is -2.36. The molecule has 1 amide bonds. The maximum Gasteiger partial charge on any atom is 0.243 e. The van der Waals surface area contributed by atoms with Crippen molar-refractivity contribution in [1.82, 2.24) is 14.1 Å². The zero-order valence-electron chi connectivity index (χ0n) is 17.7. The third kappa shape index (κ3) is 4.29. The van der Waals surface area contributed by atoms with Gasteiger partial charge in [0.2, 0.25) is 15.9 Å². The van der Waals surface area contributed by atoms with Gasteiger partial charge in [0.05, 0.1) is 11.4 Å². The fourth-order valence-corrected chi connectivity index (χ4v) is 5.98. The third-order valence-corrected chi connectivity index (χ3v) is 8.18. The lowest BCUT2D eigenvalue weighted by Crippen LogP contribution is -2.51. The highest BCUT2D eigenvalue weighted by molar-refractivity contribution is 7.89. The van der Waals surface area contributed by atoms with E-state index in [2.05, 4.69) is 17.0 Å². The first-order valence-electron chi connectivity index (χ1n) is 10.5. The summed E-state index contributed by atoms with van der Waals surface area (Å²) in [4.78, 5) is 17.2. The molecule has 0 atom stereocenters. The second kappa shape index (κ2) is 8.49. The average molecular weight is 428 g/mol. The van der Waals surface area contributed by atoms with E-state index in [0.717, 1.165) is 24.1 Å². The molecule has 6 nitrogen and oxygen atoms in total. The standard InChI is InChI=1S/C23H29N3O3S/c1-18-7-8-22(19(2)15-18)30(28,29)26-13-11-24(12-14-26)17-23(27)25-10-9-20-5-3-4-6-21(20)16-25/h3-8,15H,9-14,16-17H2,1-2H3. The van der Waals surface area contributed by atoms with Gasteiger partial charge in [-0.05, 0) is 43.0 Å². The van der Waals surface area contributed by atoms with Gasteiger partial charge in [-0.2, -0.15) is 4.31 Å². The molecule has 0 aromatic heterocycles. The van der Waals surface area contributed by atoms with Crippen LogP contribution in [0.15, 0.2) is 47.4 Å². The summed E-state index contributed by atoms with van der Waals surface area (Å²) >= 11 is 0. The Morgan fingerprint density at radius 1 is 0.933 bits per heavy atom. The number of benzene rings is 2. The van der Waals surface area contributed by atoms with Crippen LogP contribution in [0.25, 0.3) is 0 Å². The van der Waals surface area contributed by atoms with E-state index in [1.54, 1.807) is 10.4 Å². The van der Waals surface area contributed by atoms with Crippen LogP contribution in [0.2, 0.25) is 0 Å². The molecule has 30 heavy (non-hydrogen) atoms. The van der Waals surface area contributed by atoms with E-state index in [1.165, 1.54) is 11.1 Å². The second-order valence-corrected chi connectivity index (χ2v) is 10.2. The number of hydrogen-bond acceptors (Lipinski definition) is 4. The van der Waals surface area contributed by atoms with E-state index < -0.39 is 10.0 Å². The highest BCUT2D eigenvalue weighted by Crippen LogP contribution is 2.23. The maximum absolute atomic E-state index is 13.0. The number of hydrogen-bond donors (Lipinski definition) is 0. The van der Waals surface area contributed by atoms with E-state index in [1.807, 2.05) is 43.0 Å². The SMILES string of the molecule is Cc1ccc(S(=O)(=O)N2CCN(CC(=O)N3CCc4ccccc4C3)CC2)c(C)c1. The van der Waals surface area contributed by atoms with E-state index in [-0.39, 0.29) is 5.91 Å². The predicted octanol–water partition coefficient (Wildman–Crippen LogP) is 2.19. The van der Waals surface area contributed by atoms with Crippen molar-refractivity contribution in [2.45, 2.75) is 31.7 Å². The molecule has 0 bridgehead atoms. The molecule has 2 aromatic carbocycles. The Kier molecular flexibility index (Phi) is 5.95. The molecule has 7 heteroatoms. The second-order valence-electron chi connectivity index (χ2n) is 8.28. The smallest absolute Gasteiger partial charge is 0.243 e. The highest BCUT2D eigenvalue weighted by atomic mass is 32.2. The van der Waals surface area contributed by atoms with Gasteiger partial charge in [-0.1, -0.05) is 42.0 Å². The van der Waals surface area contributed by atoms with Crippen molar-refractivity contribution in [3.8, 4) is 0 Å². The normalized spacial score (nSPS) is 18.3. The summed E-state index contributed by atoms with van der Waals surface area (Å²) in [5, 5.41) is 0. The molecule has 2 aromatic rings. The van der Waals surface area contributed by atoms with Crippen LogP contribution in [0, 0.1) is 13.8 Å². The van der Waals surface area contributed by atoms with E-state index in [9.17, 15) is 13.2 Å². The van der Waals surface area contributed by atoms with Crippen LogP contribution in [-0.4, -0.2) is 67.7 Å². The minimum absolute atomic E-state index is 0.121. The summed E-state index contributed by atoms with van der Waals surface area (Å²) in [6.45, 7) is 7.51. The predicted molar refractivity (Wildman–Crippen MR) is 117 cm³/mol. The number of piperazine rings is 1. The van der Waals surface area contributed by atoms with Gasteiger partial charge in [0.1, 0.15) is 0 Å². The van der Waals surface area contributed by atoms with Gasteiger partial charge in [-0.3, -0.25) is 9.69 Å². The summed E-state index contributed by atoms with van der Waals surface area (Å²) < 4.78 is 27.6. The number of fused-ring (bicyclic) bond motifs is 1. The summed E-state index contributed by atoms with van der Waals surface area (Å²) in [7, 11) is -3.50. The summed E-state index contributed by atoms with van der Waals surface area (Å²) in [5.74, 6) is 0.121. The van der Waals surface area contributed by atoms with Gasteiger partial charge >= 0.3 is 0 Å². The number of sulfonamides is 1. The fraction of sp³-hybridized carbons (Fsp3) is 0.435. The first-order valence-corrected chi connectivity index (χ1v) is 11.9. The number of nitrogens with zero attached hydrogens (tertiary/aromatic N) is 3. The fourth-order valence-electron chi connectivity index (χ4n) is 4.36. The van der Waals surface area contributed by atoms with Gasteiger partial charge in [0.25, 0.3) is 0 Å². The van der Waals surface area contributed by atoms with Gasteiger partial charge in [0.15, 0.2) is 0 Å². The molecule has 2 aliphatic rings. The topological polar surface area (TPSA) is 60.9 Å².